The third kappa shape index (κ3) is 3.04. The molecule has 0 amide bonds. The standard InChI is InChI=1S/C13H6BrF4NO/c14-9-3-8(5-19-6-9)12(20)7-1-2-10(11(15)4-7)13(16,17)18/h1-6H. The molecule has 0 aliphatic carbocycles. The van der Waals surface area contributed by atoms with Crippen LogP contribution in [0.2, 0.25) is 0 Å². The van der Waals surface area contributed by atoms with E-state index in [0.29, 0.717) is 16.6 Å². The zero-order chi connectivity index (χ0) is 14.9. The van der Waals surface area contributed by atoms with Crippen molar-refractivity contribution in [2.24, 2.45) is 0 Å². The summed E-state index contributed by atoms with van der Waals surface area (Å²) in [7, 11) is 0. The molecule has 0 aliphatic heterocycles. The molecule has 0 aliphatic rings. The second-order valence-corrected chi connectivity index (χ2v) is 4.83. The van der Waals surface area contributed by atoms with Crippen LogP contribution in [0.4, 0.5) is 17.6 Å². The monoisotopic (exact) mass is 347 g/mol. The minimum absolute atomic E-state index is 0.151. The van der Waals surface area contributed by atoms with Crippen molar-refractivity contribution < 1.29 is 22.4 Å². The molecule has 2 nitrogen and oxygen atoms in total. The molecule has 0 fully saturated rings. The van der Waals surface area contributed by atoms with Gasteiger partial charge in [-0.05, 0) is 34.1 Å². The number of ketones is 1. The van der Waals surface area contributed by atoms with Crippen LogP contribution in [-0.4, -0.2) is 10.8 Å². The Hall–Kier alpha value is -1.76. The van der Waals surface area contributed by atoms with E-state index in [1.54, 1.807) is 0 Å². The molecule has 20 heavy (non-hydrogen) atoms. The zero-order valence-corrected chi connectivity index (χ0v) is 11.3. The minimum Gasteiger partial charge on any atom is -0.289 e. The van der Waals surface area contributed by atoms with Crippen LogP contribution in [0.15, 0.2) is 41.1 Å². The molecule has 0 atom stereocenters. The maximum Gasteiger partial charge on any atom is 0.419 e. The van der Waals surface area contributed by atoms with Crippen LogP contribution in [0.5, 0.6) is 0 Å². The summed E-state index contributed by atoms with van der Waals surface area (Å²) in [5.41, 5.74) is -1.42. The van der Waals surface area contributed by atoms with Crippen LogP contribution in [0.3, 0.4) is 0 Å². The summed E-state index contributed by atoms with van der Waals surface area (Å²) >= 11 is 3.12. The van der Waals surface area contributed by atoms with Gasteiger partial charge in [-0.15, -0.1) is 0 Å². The van der Waals surface area contributed by atoms with Crippen molar-refractivity contribution in [3.63, 3.8) is 0 Å². The van der Waals surface area contributed by atoms with Crippen LogP contribution in [0.25, 0.3) is 0 Å². The molecular formula is C13H6BrF4NO. The second-order valence-electron chi connectivity index (χ2n) is 3.91. The fraction of sp³-hybridized carbons (Fsp3) is 0.0769. The molecule has 1 aromatic heterocycles. The van der Waals surface area contributed by atoms with Gasteiger partial charge in [0.15, 0.2) is 5.78 Å². The van der Waals surface area contributed by atoms with E-state index in [2.05, 4.69) is 20.9 Å². The van der Waals surface area contributed by atoms with Crippen LogP contribution in [-0.2, 0) is 6.18 Å². The predicted molar refractivity (Wildman–Crippen MR) is 66.8 cm³/mol. The number of aromatic nitrogens is 1. The minimum atomic E-state index is -4.79. The summed E-state index contributed by atoms with van der Waals surface area (Å²) in [6.07, 6.45) is -2.09. The van der Waals surface area contributed by atoms with E-state index in [1.165, 1.54) is 18.5 Å². The van der Waals surface area contributed by atoms with E-state index in [0.717, 1.165) is 6.07 Å². The fourth-order valence-corrected chi connectivity index (χ4v) is 1.95. The first-order valence-corrected chi connectivity index (χ1v) is 6.10. The number of benzene rings is 1. The quantitative estimate of drug-likeness (QED) is 0.601. The average molecular weight is 348 g/mol. The largest absolute Gasteiger partial charge is 0.419 e. The summed E-state index contributed by atoms with van der Waals surface area (Å²) in [5, 5.41) is 0. The van der Waals surface area contributed by atoms with Gasteiger partial charge in [0.2, 0.25) is 0 Å². The van der Waals surface area contributed by atoms with E-state index in [1.807, 2.05) is 0 Å². The molecule has 2 aromatic rings. The van der Waals surface area contributed by atoms with Crippen molar-refractivity contribution >= 4 is 21.7 Å². The fourth-order valence-electron chi connectivity index (χ4n) is 1.59. The Morgan fingerprint density at radius 3 is 2.35 bits per heavy atom. The van der Waals surface area contributed by atoms with E-state index < -0.39 is 23.3 Å². The van der Waals surface area contributed by atoms with Gasteiger partial charge in [-0.1, -0.05) is 6.07 Å². The second kappa shape index (κ2) is 5.32. The first-order valence-electron chi connectivity index (χ1n) is 5.31. The molecule has 0 spiro atoms. The molecule has 1 aromatic carbocycles. The Kier molecular flexibility index (Phi) is 3.89. The molecular weight excluding hydrogens is 342 g/mol. The lowest BCUT2D eigenvalue weighted by Gasteiger charge is -2.09. The first kappa shape index (κ1) is 14.6. The summed E-state index contributed by atoms with van der Waals surface area (Å²) in [4.78, 5) is 15.8. The average Bonchev–Trinajstić information content (AvgIpc) is 2.36. The number of rotatable bonds is 2. The molecule has 0 saturated heterocycles. The smallest absolute Gasteiger partial charge is 0.289 e. The van der Waals surface area contributed by atoms with Gasteiger partial charge >= 0.3 is 6.18 Å². The summed E-state index contributed by atoms with van der Waals surface area (Å²) in [6, 6.07) is 3.51. The van der Waals surface area contributed by atoms with Gasteiger partial charge in [0.1, 0.15) is 5.82 Å². The number of carbonyl (C=O) groups excluding carboxylic acids is 1. The number of halogens is 5. The number of alkyl halides is 3. The van der Waals surface area contributed by atoms with Gasteiger partial charge in [0, 0.05) is 28.0 Å². The van der Waals surface area contributed by atoms with Crippen molar-refractivity contribution in [2.45, 2.75) is 6.18 Å². The van der Waals surface area contributed by atoms with E-state index in [4.69, 9.17) is 0 Å². The molecule has 0 unspecified atom stereocenters. The topological polar surface area (TPSA) is 30.0 Å². The van der Waals surface area contributed by atoms with Crippen LogP contribution < -0.4 is 0 Å². The Balaban J connectivity index is 2.40. The Morgan fingerprint density at radius 2 is 1.80 bits per heavy atom. The van der Waals surface area contributed by atoms with Gasteiger partial charge < -0.3 is 0 Å². The Labute approximate surface area is 119 Å². The third-order valence-electron chi connectivity index (χ3n) is 2.50. The van der Waals surface area contributed by atoms with Gasteiger partial charge in [-0.25, -0.2) is 4.39 Å². The van der Waals surface area contributed by atoms with Crippen molar-refractivity contribution in [3.05, 3.63) is 63.6 Å². The van der Waals surface area contributed by atoms with Crippen LogP contribution in [0, 0.1) is 5.82 Å². The van der Waals surface area contributed by atoms with E-state index >= 15 is 0 Å². The molecule has 0 N–H and O–H groups in total. The summed E-state index contributed by atoms with van der Waals surface area (Å²) in [6.45, 7) is 0. The molecule has 0 saturated carbocycles. The normalized spacial score (nSPS) is 11.4. The number of nitrogens with zero attached hydrogens (tertiary/aromatic N) is 1. The highest BCUT2D eigenvalue weighted by Crippen LogP contribution is 2.31. The number of hydrogen-bond donors (Lipinski definition) is 0. The number of pyridine rings is 1. The lowest BCUT2D eigenvalue weighted by Crippen LogP contribution is -2.10. The van der Waals surface area contributed by atoms with Crippen molar-refractivity contribution in [2.75, 3.05) is 0 Å². The van der Waals surface area contributed by atoms with Crippen molar-refractivity contribution in [1.82, 2.24) is 4.98 Å². The predicted octanol–water partition coefficient (Wildman–Crippen LogP) is 4.23. The molecule has 2 rings (SSSR count). The Bertz CT molecular complexity index is 670. The first-order chi connectivity index (χ1) is 9.29. The van der Waals surface area contributed by atoms with Gasteiger partial charge in [-0.2, -0.15) is 13.2 Å². The van der Waals surface area contributed by atoms with Gasteiger partial charge in [-0.3, -0.25) is 9.78 Å². The van der Waals surface area contributed by atoms with Crippen molar-refractivity contribution in [1.29, 1.82) is 0 Å². The summed E-state index contributed by atoms with van der Waals surface area (Å²) in [5.74, 6) is -2.09. The van der Waals surface area contributed by atoms with E-state index in [-0.39, 0.29) is 11.1 Å². The van der Waals surface area contributed by atoms with E-state index in [9.17, 15) is 22.4 Å². The number of carbonyl (C=O) groups is 1. The molecule has 104 valence electrons. The molecule has 0 radical (unpaired) electrons. The van der Waals surface area contributed by atoms with Crippen LogP contribution in [0.1, 0.15) is 21.5 Å². The van der Waals surface area contributed by atoms with Crippen molar-refractivity contribution in [3.8, 4) is 0 Å². The molecule has 7 heteroatoms. The van der Waals surface area contributed by atoms with Gasteiger partial charge in [0.05, 0.1) is 5.56 Å². The molecule has 0 bridgehead atoms. The highest BCUT2D eigenvalue weighted by molar-refractivity contribution is 9.10. The lowest BCUT2D eigenvalue weighted by atomic mass is 10.0. The number of hydrogen-bond acceptors (Lipinski definition) is 2. The summed E-state index contributed by atoms with van der Waals surface area (Å²) < 4.78 is 51.2. The lowest BCUT2D eigenvalue weighted by molar-refractivity contribution is -0.140. The maximum atomic E-state index is 13.4. The Morgan fingerprint density at radius 1 is 1.10 bits per heavy atom. The highest BCUT2D eigenvalue weighted by atomic mass is 79.9. The van der Waals surface area contributed by atoms with Gasteiger partial charge in [0.25, 0.3) is 0 Å². The SMILES string of the molecule is O=C(c1cncc(Br)c1)c1ccc(C(F)(F)F)c(F)c1. The molecule has 1 heterocycles. The zero-order valence-electron chi connectivity index (χ0n) is 9.71. The highest BCUT2D eigenvalue weighted by Gasteiger charge is 2.34. The van der Waals surface area contributed by atoms with Crippen LogP contribution >= 0.6 is 15.9 Å². The third-order valence-corrected chi connectivity index (χ3v) is 2.94. The maximum absolute atomic E-state index is 13.4.